The van der Waals surface area contributed by atoms with E-state index in [1.165, 1.54) is 0 Å². The summed E-state index contributed by atoms with van der Waals surface area (Å²) < 4.78 is 1.75. The predicted octanol–water partition coefficient (Wildman–Crippen LogP) is 2.27. The number of aromatic nitrogens is 2. The average molecular weight is 273 g/mol. The lowest BCUT2D eigenvalue weighted by atomic mass is 10.3. The molecule has 3 heterocycles. The minimum atomic E-state index is -1.03. The van der Waals surface area contributed by atoms with Gasteiger partial charge in [-0.15, -0.1) is 11.3 Å². The average Bonchev–Trinajstić information content (AvgIpc) is 2.98. The highest BCUT2D eigenvalue weighted by Crippen LogP contribution is 2.20. The molecule has 0 radical (unpaired) electrons. The van der Waals surface area contributed by atoms with Crippen LogP contribution in [0, 0.1) is 0 Å². The van der Waals surface area contributed by atoms with Crippen molar-refractivity contribution in [1.82, 2.24) is 9.38 Å². The number of aromatic carboxylic acids is 1. The van der Waals surface area contributed by atoms with Crippen LogP contribution in [0.2, 0.25) is 0 Å². The number of pyridine rings is 1. The van der Waals surface area contributed by atoms with Gasteiger partial charge >= 0.3 is 5.97 Å². The number of fused-ring (bicyclic) bond motifs is 1. The third-order valence-corrected chi connectivity index (χ3v) is 3.72. The van der Waals surface area contributed by atoms with Crippen LogP contribution >= 0.6 is 11.3 Å². The summed E-state index contributed by atoms with van der Waals surface area (Å²) in [6.45, 7) is 0. The molecule has 3 rings (SSSR count). The molecule has 96 valence electrons. The van der Waals surface area contributed by atoms with Gasteiger partial charge in [-0.1, -0.05) is 6.07 Å². The molecule has 5 nitrogen and oxygen atoms in total. The number of nitrogens with zero attached hydrogens (tertiary/aromatic N) is 2. The Morgan fingerprint density at radius 2 is 2.26 bits per heavy atom. The number of carbonyl (C=O) groups is 1. The summed E-state index contributed by atoms with van der Waals surface area (Å²) in [6, 6.07) is 7.32. The van der Waals surface area contributed by atoms with Gasteiger partial charge in [0.1, 0.15) is 5.82 Å². The van der Waals surface area contributed by atoms with Crippen molar-refractivity contribution in [3.63, 3.8) is 0 Å². The van der Waals surface area contributed by atoms with Crippen LogP contribution in [-0.4, -0.2) is 20.5 Å². The zero-order chi connectivity index (χ0) is 13.4. The van der Waals surface area contributed by atoms with Crippen LogP contribution in [0.15, 0.2) is 35.8 Å². The van der Waals surface area contributed by atoms with Crippen molar-refractivity contribution < 1.29 is 9.90 Å². The van der Waals surface area contributed by atoms with Crippen LogP contribution in [0.3, 0.4) is 0 Å². The Kier molecular flexibility index (Phi) is 2.72. The molecule has 3 aromatic rings. The van der Waals surface area contributed by atoms with E-state index >= 15 is 0 Å². The molecule has 0 bridgehead atoms. The minimum Gasteiger partial charge on any atom is -0.476 e. The number of rotatable bonds is 3. The summed E-state index contributed by atoms with van der Waals surface area (Å²) in [5.41, 5.74) is 6.96. The molecule has 0 saturated carbocycles. The van der Waals surface area contributed by atoms with E-state index < -0.39 is 5.97 Å². The number of carboxylic acids is 1. The fourth-order valence-corrected chi connectivity index (χ4v) is 2.72. The highest BCUT2D eigenvalue weighted by atomic mass is 32.1. The Morgan fingerprint density at radius 3 is 2.95 bits per heavy atom. The van der Waals surface area contributed by atoms with E-state index in [1.807, 2.05) is 17.5 Å². The van der Waals surface area contributed by atoms with Crippen molar-refractivity contribution in [1.29, 1.82) is 0 Å². The summed E-state index contributed by atoms with van der Waals surface area (Å²) in [4.78, 5) is 16.6. The van der Waals surface area contributed by atoms with Crippen molar-refractivity contribution in [3.05, 3.63) is 52.2 Å². The molecule has 0 aromatic carbocycles. The molecule has 3 N–H and O–H groups in total. The molecule has 0 fully saturated rings. The summed E-state index contributed by atoms with van der Waals surface area (Å²) in [5, 5.41) is 11.2. The molecule has 0 amide bonds. The molecule has 3 aromatic heterocycles. The first-order valence-electron chi connectivity index (χ1n) is 5.67. The quantitative estimate of drug-likeness (QED) is 0.767. The van der Waals surface area contributed by atoms with E-state index in [4.69, 9.17) is 5.73 Å². The number of anilines is 1. The third-order valence-electron chi connectivity index (χ3n) is 2.85. The van der Waals surface area contributed by atoms with Gasteiger partial charge in [-0.05, 0) is 23.6 Å². The molecule has 0 aliphatic rings. The van der Waals surface area contributed by atoms with Gasteiger partial charge in [0, 0.05) is 23.2 Å². The van der Waals surface area contributed by atoms with E-state index in [0.29, 0.717) is 23.4 Å². The smallest absolute Gasteiger partial charge is 0.356 e. The van der Waals surface area contributed by atoms with Gasteiger partial charge in [0.25, 0.3) is 0 Å². The van der Waals surface area contributed by atoms with Crippen LogP contribution in [-0.2, 0) is 6.42 Å². The summed E-state index contributed by atoms with van der Waals surface area (Å²) in [7, 11) is 0. The zero-order valence-electron chi connectivity index (χ0n) is 9.91. The monoisotopic (exact) mass is 273 g/mol. The standard InChI is InChI=1S/C13H11N3O2S/c14-8-3-4-10-12(13(17)18)15-11(16(10)7-8)6-9-2-1-5-19-9/h1-5,7H,6,14H2,(H,17,18). The normalized spacial score (nSPS) is 10.9. The van der Waals surface area contributed by atoms with E-state index in [9.17, 15) is 9.90 Å². The van der Waals surface area contributed by atoms with Crippen LogP contribution in [0.5, 0.6) is 0 Å². The van der Waals surface area contributed by atoms with Gasteiger partial charge in [-0.2, -0.15) is 0 Å². The Balaban J connectivity index is 2.17. The molecule has 0 spiro atoms. The highest BCUT2D eigenvalue weighted by molar-refractivity contribution is 7.09. The van der Waals surface area contributed by atoms with Crippen LogP contribution in [0.4, 0.5) is 5.69 Å². The van der Waals surface area contributed by atoms with Crippen LogP contribution in [0.25, 0.3) is 5.52 Å². The van der Waals surface area contributed by atoms with E-state index in [-0.39, 0.29) is 5.69 Å². The lowest BCUT2D eigenvalue weighted by Gasteiger charge is -2.01. The molecule has 19 heavy (non-hydrogen) atoms. The van der Waals surface area contributed by atoms with Gasteiger partial charge in [0.15, 0.2) is 5.69 Å². The fraction of sp³-hybridized carbons (Fsp3) is 0.0769. The number of nitrogen functional groups attached to an aromatic ring is 1. The first kappa shape index (κ1) is 11.7. The summed E-state index contributed by atoms with van der Waals surface area (Å²) >= 11 is 1.62. The second-order valence-corrected chi connectivity index (χ2v) is 5.19. The Labute approximate surface area is 112 Å². The first-order valence-corrected chi connectivity index (χ1v) is 6.55. The molecule has 0 unspecified atom stereocenters. The Hall–Kier alpha value is -2.34. The van der Waals surface area contributed by atoms with Gasteiger partial charge in [0.05, 0.1) is 5.52 Å². The molecule has 0 atom stereocenters. The zero-order valence-corrected chi connectivity index (χ0v) is 10.7. The molecular formula is C13H11N3O2S. The molecule has 6 heteroatoms. The van der Waals surface area contributed by atoms with Gasteiger partial charge in [0.2, 0.25) is 0 Å². The largest absolute Gasteiger partial charge is 0.476 e. The number of carboxylic acid groups (broad SMARTS) is 1. The minimum absolute atomic E-state index is 0.0616. The van der Waals surface area contributed by atoms with Gasteiger partial charge in [-0.25, -0.2) is 9.78 Å². The number of hydrogen-bond acceptors (Lipinski definition) is 4. The third kappa shape index (κ3) is 2.06. The predicted molar refractivity (Wildman–Crippen MR) is 73.7 cm³/mol. The SMILES string of the molecule is Nc1ccc2c(C(=O)O)nc(Cc3cccs3)n2c1. The van der Waals surface area contributed by atoms with Gasteiger partial charge < -0.3 is 15.2 Å². The fourth-order valence-electron chi connectivity index (χ4n) is 2.01. The molecule has 0 saturated heterocycles. The first-order chi connectivity index (χ1) is 9.15. The summed E-state index contributed by atoms with van der Waals surface area (Å²) in [5.74, 6) is -0.346. The number of hydrogen-bond donors (Lipinski definition) is 2. The maximum absolute atomic E-state index is 11.2. The van der Waals surface area contributed by atoms with E-state index in [2.05, 4.69) is 4.98 Å². The van der Waals surface area contributed by atoms with Crippen molar-refractivity contribution in [2.75, 3.05) is 5.73 Å². The van der Waals surface area contributed by atoms with Crippen LogP contribution in [0.1, 0.15) is 21.2 Å². The van der Waals surface area contributed by atoms with E-state index in [1.54, 1.807) is 34.1 Å². The Morgan fingerprint density at radius 1 is 1.42 bits per heavy atom. The van der Waals surface area contributed by atoms with Crippen molar-refractivity contribution in [2.24, 2.45) is 0 Å². The van der Waals surface area contributed by atoms with Crippen molar-refractivity contribution in [3.8, 4) is 0 Å². The maximum atomic E-state index is 11.2. The molecular weight excluding hydrogens is 262 g/mol. The van der Waals surface area contributed by atoms with Gasteiger partial charge in [-0.3, -0.25) is 0 Å². The van der Waals surface area contributed by atoms with Crippen molar-refractivity contribution in [2.45, 2.75) is 6.42 Å². The number of thiophene rings is 1. The lowest BCUT2D eigenvalue weighted by Crippen LogP contribution is -1.97. The lowest BCUT2D eigenvalue weighted by molar-refractivity contribution is 0.0693. The second-order valence-electron chi connectivity index (χ2n) is 4.16. The molecule has 0 aliphatic carbocycles. The number of imidazole rings is 1. The molecule has 0 aliphatic heterocycles. The highest BCUT2D eigenvalue weighted by Gasteiger charge is 2.17. The number of nitrogens with two attached hydrogens (primary N) is 1. The second kappa shape index (κ2) is 4.40. The topological polar surface area (TPSA) is 80.6 Å². The van der Waals surface area contributed by atoms with E-state index in [0.717, 1.165) is 4.88 Å². The van der Waals surface area contributed by atoms with Crippen molar-refractivity contribution >= 4 is 28.5 Å². The van der Waals surface area contributed by atoms with Crippen LogP contribution < -0.4 is 5.73 Å². The maximum Gasteiger partial charge on any atom is 0.356 e. The Bertz CT molecular complexity index is 747. The summed E-state index contributed by atoms with van der Waals surface area (Å²) in [6.07, 6.45) is 2.30.